The van der Waals surface area contributed by atoms with Gasteiger partial charge in [0.2, 0.25) is 0 Å². The van der Waals surface area contributed by atoms with Crippen molar-refractivity contribution in [1.29, 1.82) is 5.26 Å². The van der Waals surface area contributed by atoms with E-state index in [9.17, 15) is 14.9 Å². The van der Waals surface area contributed by atoms with E-state index >= 15 is 0 Å². The number of piperidine rings is 1. The number of hydrogen-bond donors (Lipinski definition) is 0. The van der Waals surface area contributed by atoms with E-state index in [-0.39, 0.29) is 22.3 Å². The summed E-state index contributed by atoms with van der Waals surface area (Å²) in [7, 11) is 0. The summed E-state index contributed by atoms with van der Waals surface area (Å²) >= 11 is 6.99. The fourth-order valence-corrected chi connectivity index (χ4v) is 3.83. The lowest BCUT2D eigenvalue weighted by Crippen LogP contribution is -2.37. The van der Waals surface area contributed by atoms with Gasteiger partial charge in [0.05, 0.1) is 5.69 Å². The number of hydrazone groups is 1. The fraction of sp³-hybridized carbons (Fsp3) is 0.333. The van der Waals surface area contributed by atoms with Crippen LogP contribution in [-0.4, -0.2) is 34.7 Å². The van der Waals surface area contributed by atoms with E-state index in [0.29, 0.717) is 28.8 Å². The van der Waals surface area contributed by atoms with E-state index in [0.717, 1.165) is 31.0 Å². The minimum atomic E-state index is -0.311. The summed E-state index contributed by atoms with van der Waals surface area (Å²) < 4.78 is 0. The molecular formula is C18H17ClN4O2S. The number of halogens is 1. The quantitative estimate of drug-likeness (QED) is 0.584. The number of ketones is 1. The number of amides is 1. The second-order valence-corrected chi connectivity index (χ2v) is 7.41. The lowest BCUT2D eigenvalue weighted by Gasteiger charge is -2.27. The van der Waals surface area contributed by atoms with Crippen LogP contribution in [0.5, 0.6) is 0 Å². The van der Waals surface area contributed by atoms with E-state index < -0.39 is 0 Å². The summed E-state index contributed by atoms with van der Waals surface area (Å²) in [6.45, 7) is 2.69. The molecule has 134 valence electrons. The lowest BCUT2D eigenvalue weighted by molar-refractivity contribution is -0.127. The Hall–Kier alpha value is -2.30. The van der Waals surface area contributed by atoms with Gasteiger partial charge in [-0.15, -0.1) is 0 Å². The van der Waals surface area contributed by atoms with Gasteiger partial charge in [-0.2, -0.15) is 10.4 Å². The molecule has 1 saturated heterocycles. The smallest absolute Gasteiger partial charge is 0.267 e. The maximum atomic E-state index is 12.9. The highest BCUT2D eigenvalue weighted by Crippen LogP contribution is 2.37. The van der Waals surface area contributed by atoms with Gasteiger partial charge in [0.25, 0.3) is 5.91 Å². The average Bonchev–Trinajstić information content (AvgIpc) is 3.09. The van der Waals surface area contributed by atoms with Crippen molar-refractivity contribution in [2.45, 2.75) is 26.2 Å². The van der Waals surface area contributed by atoms with Crippen molar-refractivity contribution >= 4 is 45.8 Å². The second kappa shape index (κ2) is 7.94. The van der Waals surface area contributed by atoms with E-state index in [4.69, 9.17) is 11.6 Å². The molecule has 2 heterocycles. The first-order chi connectivity index (χ1) is 12.5. The van der Waals surface area contributed by atoms with E-state index in [1.54, 1.807) is 29.2 Å². The van der Waals surface area contributed by atoms with Crippen molar-refractivity contribution in [1.82, 2.24) is 4.90 Å². The number of carbonyl (C=O) groups is 2. The maximum absolute atomic E-state index is 12.9. The highest BCUT2D eigenvalue weighted by atomic mass is 35.5. The summed E-state index contributed by atoms with van der Waals surface area (Å²) in [6, 6.07) is 8.88. The number of anilines is 1. The molecule has 0 radical (unpaired) electrons. The summed E-state index contributed by atoms with van der Waals surface area (Å²) in [5, 5.41) is 16.6. The molecule has 0 saturated carbocycles. The van der Waals surface area contributed by atoms with Crippen LogP contribution in [0, 0.1) is 11.3 Å². The van der Waals surface area contributed by atoms with Crippen LogP contribution in [0.25, 0.3) is 0 Å². The van der Waals surface area contributed by atoms with Gasteiger partial charge >= 0.3 is 0 Å². The Bertz CT molecular complexity index is 836. The zero-order chi connectivity index (χ0) is 18.7. The van der Waals surface area contributed by atoms with Crippen LogP contribution in [0.15, 0.2) is 40.0 Å². The standard InChI is InChI=1S/C18H17ClN4O2S/c1-12(24)16-21-23(14-7-5-13(19)6-8-14)18(26-16)15(11-20)17(25)22-9-3-2-4-10-22/h5-8H,2-4,9-10H2,1H3/b18-15+. The Morgan fingerprint density at radius 3 is 2.42 bits per heavy atom. The molecule has 1 amide bonds. The Morgan fingerprint density at radius 1 is 1.19 bits per heavy atom. The van der Waals surface area contributed by atoms with Crippen LogP contribution in [0.2, 0.25) is 5.02 Å². The van der Waals surface area contributed by atoms with Gasteiger partial charge in [-0.1, -0.05) is 11.6 Å². The largest absolute Gasteiger partial charge is 0.338 e. The number of benzene rings is 1. The molecular weight excluding hydrogens is 372 g/mol. The summed E-state index contributed by atoms with van der Waals surface area (Å²) in [4.78, 5) is 26.4. The molecule has 1 aromatic carbocycles. The topological polar surface area (TPSA) is 76.8 Å². The van der Waals surface area contributed by atoms with Gasteiger partial charge in [0, 0.05) is 25.0 Å². The molecule has 1 aromatic rings. The van der Waals surface area contributed by atoms with E-state index in [2.05, 4.69) is 5.10 Å². The third-order valence-electron chi connectivity index (χ3n) is 4.13. The molecule has 26 heavy (non-hydrogen) atoms. The number of rotatable bonds is 3. The van der Waals surface area contributed by atoms with Crippen molar-refractivity contribution in [2.75, 3.05) is 18.1 Å². The van der Waals surface area contributed by atoms with Crippen molar-refractivity contribution in [3.05, 3.63) is 39.9 Å². The Balaban J connectivity index is 2.02. The fourth-order valence-electron chi connectivity index (χ4n) is 2.79. The Kier molecular flexibility index (Phi) is 5.64. The Labute approximate surface area is 161 Å². The molecule has 1 fully saturated rings. The number of Topliss-reactive ketones (excluding diaryl/α,β-unsaturated/α-hetero) is 1. The molecule has 2 aliphatic rings. The van der Waals surface area contributed by atoms with E-state index in [1.165, 1.54) is 11.9 Å². The average molecular weight is 389 g/mol. The monoisotopic (exact) mass is 388 g/mol. The zero-order valence-electron chi connectivity index (χ0n) is 14.2. The number of thioether (sulfide) groups is 1. The van der Waals surface area contributed by atoms with Crippen molar-refractivity contribution in [3.8, 4) is 6.07 Å². The second-order valence-electron chi connectivity index (χ2n) is 6.00. The number of nitrogens with zero attached hydrogens (tertiary/aromatic N) is 4. The van der Waals surface area contributed by atoms with Gasteiger partial charge in [0.15, 0.2) is 10.8 Å². The van der Waals surface area contributed by atoms with Crippen LogP contribution >= 0.6 is 23.4 Å². The third-order valence-corrected chi connectivity index (χ3v) is 5.52. The van der Waals surface area contributed by atoms with Gasteiger partial charge in [0.1, 0.15) is 16.7 Å². The van der Waals surface area contributed by atoms with Gasteiger partial charge in [-0.3, -0.25) is 9.59 Å². The predicted octanol–water partition coefficient (Wildman–Crippen LogP) is 3.54. The number of hydrogen-bond acceptors (Lipinski definition) is 6. The molecule has 0 N–H and O–H groups in total. The molecule has 0 aliphatic carbocycles. The first-order valence-corrected chi connectivity index (χ1v) is 9.47. The third kappa shape index (κ3) is 3.76. The minimum absolute atomic E-state index is 0.00634. The Morgan fingerprint density at radius 2 is 1.85 bits per heavy atom. The van der Waals surface area contributed by atoms with Crippen molar-refractivity contribution in [2.24, 2.45) is 5.10 Å². The van der Waals surface area contributed by atoms with Gasteiger partial charge in [-0.05, 0) is 55.3 Å². The lowest BCUT2D eigenvalue weighted by atomic mass is 10.1. The predicted molar refractivity (Wildman–Crippen MR) is 103 cm³/mol. The van der Waals surface area contributed by atoms with E-state index in [1.807, 2.05) is 6.07 Å². The first-order valence-electron chi connectivity index (χ1n) is 8.28. The van der Waals surface area contributed by atoms with Crippen LogP contribution in [0.1, 0.15) is 26.2 Å². The summed E-state index contributed by atoms with van der Waals surface area (Å²) in [6.07, 6.45) is 2.96. The van der Waals surface area contributed by atoms with Gasteiger partial charge < -0.3 is 4.90 Å². The zero-order valence-corrected chi connectivity index (χ0v) is 15.8. The SMILES string of the molecule is CC(=O)C1=NN(c2ccc(Cl)cc2)/C(=C(/C#N)C(=O)N2CCCCC2)S1. The summed E-state index contributed by atoms with van der Waals surface area (Å²) in [5.41, 5.74) is 0.638. The van der Waals surface area contributed by atoms with Crippen molar-refractivity contribution in [3.63, 3.8) is 0 Å². The van der Waals surface area contributed by atoms with Crippen LogP contribution in [-0.2, 0) is 9.59 Å². The normalized spacial score (nSPS) is 19.0. The first kappa shape index (κ1) is 18.5. The highest BCUT2D eigenvalue weighted by Gasteiger charge is 2.33. The molecule has 0 spiro atoms. The number of likely N-dealkylation sites (tertiary alicyclic amines) is 1. The van der Waals surface area contributed by atoms with Crippen LogP contribution < -0.4 is 5.01 Å². The molecule has 6 nitrogen and oxygen atoms in total. The number of carbonyl (C=O) groups excluding carboxylic acids is 2. The molecule has 2 aliphatic heterocycles. The molecule has 0 aromatic heterocycles. The summed E-state index contributed by atoms with van der Waals surface area (Å²) in [5.74, 6) is -0.527. The molecule has 0 unspecified atom stereocenters. The molecule has 8 heteroatoms. The molecule has 0 atom stereocenters. The molecule has 0 bridgehead atoms. The van der Waals surface area contributed by atoms with Crippen LogP contribution in [0.4, 0.5) is 5.69 Å². The maximum Gasteiger partial charge on any atom is 0.267 e. The molecule has 3 rings (SSSR count). The minimum Gasteiger partial charge on any atom is -0.338 e. The van der Waals surface area contributed by atoms with Crippen LogP contribution in [0.3, 0.4) is 0 Å². The van der Waals surface area contributed by atoms with Gasteiger partial charge in [-0.25, -0.2) is 5.01 Å². The van der Waals surface area contributed by atoms with Crippen molar-refractivity contribution < 1.29 is 9.59 Å². The number of nitriles is 1. The highest BCUT2D eigenvalue weighted by molar-refractivity contribution is 8.19.